The Balaban J connectivity index is 1.54. The molecule has 0 atom stereocenters. The molecule has 3 N–H and O–H groups in total. The van der Waals surface area contributed by atoms with Crippen LogP contribution in [0.5, 0.6) is 11.5 Å². The van der Waals surface area contributed by atoms with Gasteiger partial charge in [0.1, 0.15) is 6.61 Å². The van der Waals surface area contributed by atoms with Gasteiger partial charge in [-0.2, -0.15) is 0 Å². The van der Waals surface area contributed by atoms with Gasteiger partial charge in [0.2, 0.25) is 5.91 Å². The quantitative estimate of drug-likeness (QED) is 0.386. The highest BCUT2D eigenvalue weighted by Gasteiger charge is 2.30. The molecule has 1 saturated carbocycles. The van der Waals surface area contributed by atoms with Gasteiger partial charge in [0.05, 0.1) is 20.1 Å². The second kappa shape index (κ2) is 12.9. The van der Waals surface area contributed by atoms with Gasteiger partial charge in [0, 0.05) is 18.8 Å². The van der Waals surface area contributed by atoms with Gasteiger partial charge in [0.15, 0.2) is 11.5 Å². The van der Waals surface area contributed by atoms with Crippen molar-refractivity contribution in [2.45, 2.75) is 58.8 Å². The van der Waals surface area contributed by atoms with Gasteiger partial charge in [-0.1, -0.05) is 39.0 Å². The van der Waals surface area contributed by atoms with Crippen molar-refractivity contribution in [2.24, 2.45) is 11.3 Å². The number of rotatable bonds is 11. The molecule has 0 aliphatic heterocycles. The average Bonchev–Trinajstić information content (AvgIpc) is 2.84. The minimum atomic E-state index is -0.0532. The first-order valence-corrected chi connectivity index (χ1v) is 12.8. The van der Waals surface area contributed by atoms with Crippen LogP contribution in [0.25, 0.3) is 0 Å². The van der Waals surface area contributed by atoms with E-state index in [0.717, 1.165) is 17.2 Å². The number of amides is 1. The lowest BCUT2D eigenvalue weighted by Crippen LogP contribution is -2.25. The number of anilines is 1. The summed E-state index contributed by atoms with van der Waals surface area (Å²) in [7, 11) is 1.59. The maximum Gasteiger partial charge on any atom is 0.228 e. The molecule has 0 aromatic heterocycles. The summed E-state index contributed by atoms with van der Waals surface area (Å²) in [6.07, 6.45) is 5.22. The van der Waals surface area contributed by atoms with E-state index in [9.17, 15) is 4.79 Å². The van der Waals surface area contributed by atoms with Crippen molar-refractivity contribution in [3.8, 4) is 11.5 Å². The molecule has 1 amide bonds. The number of carbonyl (C=O) groups is 1. The molecule has 1 fully saturated rings. The molecule has 0 saturated heterocycles. The van der Waals surface area contributed by atoms with Gasteiger partial charge < -0.3 is 25.2 Å². The van der Waals surface area contributed by atoms with Gasteiger partial charge in [-0.15, -0.1) is 0 Å². The highest BCUT2D eigenvalue weighted by atomic mass is 16.5. The Morgan fingerprint density at radius 1 is 1.03 bits per heavy atom. The zero-order valence-electron chi connectivity index (χ0n) is 21.7. The second-order valence-corrected chi connectivity index (χ2v) is 10.6. The summed E-state index contributed by atoms with van der Waals surface area (Å²) in [6.45, 7) is 8.78. The predicted molar refractivity (Wildman–Crippen MR) is 141 cm³/mol. The molecule has 192 valence electrons. The molecular weight excluding hydrogens is 440 g/mol. The molecule has 2 aromatic carbocycles. The van der Waals surface area contributed by atoms with Crippen LogP contribution in [-0.2, 0) is 11.2 Å². The number of ether oxygens (including phenoxy) is 2. The fourth-order valence-electron chi connectivity index (χ4n) is 4.93. The monoisotopic (exact) mass is 482 g/mol. The van der Waals surface area contributed by atoms with Crippen molar-refractivity contribution in [1.82, 2.24) is 5.32 Å². The molecule has 0 radical (unpaired) electrons. The van der Waals surface area contributed by atoms with E-state index in [1.807, 2.05) is 30.3 Å². The maximum absolute atomic E-state index is 12.8. The van der Waals surface area contributed by atoms with Gasteiger partial charge >= 0.3 is 0 Å². The smallest absolute Gasteiger partial charge is 0.228 e. The Morgan fingerprint density at radius 2 is 1.80 bits per heavy atom. The number of methoxy groups -OCH3 is 1. The second-order valence-electron chi connectivity index (χ2n) is 10.6. The number of carbonyl (C=O) groups excluding carboxylic acids is 1. The lowest BCUT2D eigenvalue weighted by molar-refractivity contribution is -0.115. The van der Waals surface area contributed by atoms with Crippen molar-refractivity contribution in [1.29, 1.82) is 0 Å². The van der Waals surface area contributed by atoms with Crippen LogP contribution in [0.1, 0.15) is 63.5 Å². The van der Waals surface area contributed by atoms with Crippen LogP contribution in [-0.4, -0.2) is 44.4 Å². The van der Waals surface area contributed by atoms with Gasteiger partial charge in [-0.3, -0.25) is 4.79 Å². The fourth-order valence-corrected chi connectivity index (χ4v) is 4.93. The van der Waals surface area contributed by atoms with Gasteiger partial charge in [-0.05, 0) is 78.3 Å². The summed E-state index contributed by atoms with van der Waals surface area (Å²) >= 11 is 0. The molecule has 0 bridgehead atoms. The standard InChI is InChI=1S/C29H42N2O4/c1-29(2,3)24-11-9-22(10-12-24)23-6-5-7-25(20-23)31-28(33)19-21-8-13-26(27(18-21)34-4)35-17-15-30-14-16-32/h5-8,13,18,20,22,24,30,32H,9-12,14-17,19H2,1-4H3,(H,31,33). The van der Waals surface area contributed by atoms with Crippen LogP contribution in [0.3, 0.4) is 0 Å². The third-order valence-corrected chi connectivity index (χ3v) is 7.01. The summed E-state index contributed by atoms with van der Waals surface area (Å²) in [6, 6.07) is 13.9. The summed E-state index contributed by atoms with van der Waals surface area (Å²) in [5.74, 6) is 2.55. The van der Waals surface area contributed by atoms with E-state index in [0.29, 0.717) is 42.5 Å². The topological polar surface area (TPSA) is 79.8 Å². The summed E-state index contributed by atoms with van der Waals surface area (Å²) in [5, 5.41) is 14.9. The van der Waals surface area contributed by atoms with Crippen molar-refractivity contribution < 1.29 is 19.4 Å². The molecule has 35 heavy (non-hydrogen) atoms. The Kier molecular flexibility index (Phi) is 9.99. The maximum atomic E-state index is 12.8. The minimum absolute atomic E-state index is 0.0532. The number of hydrogen-bond donors (Lipinski definition) is 3. The zero-order chi connectivity index (χ0) is 25.3. The summed E-state index contributed by atoms with van der Waals surface area (Å²) in [4.78, 5) is 12.8. The summed E-state index contributed by atoms with van der Waals surface area (Å²) < 4.78 is 11.2. The van der Waals surface area contributed by atoms with Crippen molar-refractivity contribution in [3.63, 3.8) is 0 Å². The molecule has 6 heteroatoms. The van der Waals surface area contributed by atoms with Crippen LogP contribution in [0, 0.1) is 11.3 Å². The van der Waals surface area contributed by atoms with E-state index < -0.39 is 0 Å². The molecule has 0 heterocycles. The van der Waals surface area contributed by atoms with Crippen molar-refractivity contribution in [3.05, 3.63) is 53.6 Å². The molecular formula is C29H42N2O4. The van der Waals surface area contributed by atoms with E-state index in [1.54, 1.807) is 7.11 Å². The van der Waals surface area contributed by atoms with Gasteiger partial charge in [-0.25, -0.2) is 0 Å². The van der Waals surface area contributed by atoms with E-state index >= 15 is 0 Å². The number of aliphatic hydroxyl groups excluding tert-OH is 1. The lowest BCUT2D eigenvalue weighted by Gasteiger charge is -2.37. The third kappa shape index (κ3) is 8.25. The zero-order valence-corrected chi connectivity index (χ0v) is 21.7. The number of aliphatic hydroxyl groups is 1. The van der Waals surface area contributed by atoms with Crippen molar-refractivity contribution >= 4 is 11.6 Å². The first-order chi connectivity index (χ1) is 16.8. The Labute approximate surface area is 210 Å². The average molecular weight is 483 g/mol. The van der Waals surface area contributed by atoms with Crippen LogP contribution in [0.15, 0.2) is 42.5 Å². The Morgan fingerprint density at radius 3 is 2.49 bits per heavy atom. The van der Waals surface area contributed by atoms with Crippen LogP contribution < -0.4 is 20.1 Å². The number of nitrogens with one attached hydrogen (secondary N) is 2. The number of benzene rings is 2. The molecule has 1 aliphatic rings. The predicted octanol–water partition coefficient (Wildman–Crippen LogP) is 5.16. The van der Waals surface area contributed by atoms with Gasteiger partial charge in [0.25, 0.3) is 0 Å². The van der Waals surface area contributed by atoms with Crippen molar-refractivity contribution in [2.75, 3.05) is 38.7 Å². The van der Waals surface area contributed by atoms with Crippen LogP contribution >= 0.6 is 0 Å². The van der Waals surface area contributed by atoms with E-state index in [4.69, 9.17) is 14.6 Å². The molecule has 3 rings (SSSR count). The molecule has 1 aliphatic carbocycles. The Hall–Kier alpha value is -2.57. The van der Waals surface area contributed by atoms with E-state index in [-0.39, 0.29) is 18.9 Å². The third-order valence-electron chi connectivity index (χ3n) is 7.01. The van der Waals surface area contributed by atoms with E-state index in [2.05, 4.69) is 43.5 Å². The first kappa shape index (κ1) is 27.0. The van der Waals surface area contributed by atoms with Crippen LogP contribution in [0.2, 0.25) is 0 Å². The molecule has 6 nitrogen and oxygen atoms in total. The SMILES string of the molecule is COc1cc(CC(=O)Nc2cccc(C3CCC(C(C)(C)C)CC3)c2)ccc1OCCNCCO. The summed E-state index contributed by atoms with van der Waals surface area (Å²) in [5.41, 5.74) is 3.42. The normalized spacial score (nSPS) is 18.2. The van der Waals surface area contributed by atoms with E-state index in [1.165, 1.54) is 31.2 Å². The lowest BCUT2D eigenvalue weighted by atomic mass is 9.68. The Bertz CT molecular complexity index is 946. The largest absolute Gasteiger partial charge is 0.493 e. The fraction of sp³-hybridized carbons (Fsp3) is 0.552. The minimum Gasteiger partial charge on any atom is -0.493 e. The highest BCUT2D eigenvalue weighted by molar-refractivity contribution is 5.92. The molecule has 2 aromatic rings. The first-order valence-electron chi connectivity index (χ1n) is 12.8. The molecule has 0 spiro atoms. The van der Waals surface area contributed by atoms with Crippen LogP contribution in [0.4, 0.5) is 5.69 Å². The molecule has 0 unspecified atom stereocenters. The highest BCUT2D eigenvalue weighted by Crippen LogP contribution is 2.43. The number of hydrogen-bond acceptors (Lipinski definition) is 5.